The first-order valence-electron chi connectivity index (χ1n) is 6.99. The van der Waals surface area contributed by atoms with E-state index in [1.165, 1.54) is 6.42 Å². The van der Waals surface area contributed by atoms with Gasteiger partial charge in [-0.2, -0.15) is 0 Å². The molecule has 1 N–H and O–H groups in total. The zero-order chi connectivity index (χ0) is 12.8. The molecule has 0 aromatic carbocycles. The Bertz CT molecular complexity index is 341. The highest BCUT2D eigenvalue weighted by Gasteiger charge is 2.39. The van der Waals surface area contributed by atoms with E-state index in [0.717, 1.165) is 31.4 Å². The van der Waals surface area contributed by atoms with Gasteiger partial charge in [0.1, 0.15) is 0 Å². The van der Waals surface area contributed by atoms with Crippen LogP contribution < -0.4 is 0 Å². The Labute approximate surface area is 109 Å². The van der Waals surface area contributed by atoms with Gasteiger partial charge in [-0.3, -0.25) is 4.98 Å². The summed E-state index contributed by atoms with van der Waals surface area (Å²) >= 11 is 0. The zero-order valence-electron chi connectivity index (χ0n) is 11.1. The molecule has 1 aromatic heterocycles. The molecule has 1 saturated carbocycles. The molecule has 0 saturated heterocycles. The van der Waals surface area contributed by atoms with Gasteiger partial charge in [0, 0.05) is 24.9 Å². The third-order valence-electron chi connectivity index (χ3n) is 3.87. The molecule has 1 aliphatic rings. The van der Waals surface area contributed by atoms with Crippen molar-refractivity contribution in [3.05, 3.63) is 30.1 Å². The lowest BCUT2D eigenvalue weighted by Crippen LogP contribution is -2.47. The molecule has 0 radical (unpaired) electrons. The van der Waals surface area contributed by atoms with Crippen molar-refractivity contribution in [2.24, 2.45) is 0 Å². The number of aliphatic hydroxyl groups excluding tert-OH is 1. The summed E-state index contributed by atoms with van der Waals surface area (Å²) in [6.45, 7) is 2.67. The standard InChI is InChI=1S/C15H23NO2/c1-2-18-15(9-5-3-6-10-15)14(17)12-13-8-4-7-11-16-13/h4,7-8,11,14,17H,2-3,5-6,9-10,12H2,1H3. The molecule has 3 nitrogen and oxygen atoms in total. The van der Waals surface area contributed by atoms with E-state index < -0.39 is 6.10 Å². The highest BCUT2D eigenvalue weighted by Crippen LogP contribution is 2.35. The number of nitrogens with zero attached hydrogens (tertiary/aromatic N) is 1. The van der Waals surface area contributed by atoms with Crippen molar-refractivity contribution in [1.29, 1.82) is 0 Å². The molecule has 0 aliphatic heterocycles. The van der Waals surface area contributed by atoms with Crippen LogP contribution in [0, 0.1) is 0 Å². The van der Waals surface area contributed by atoms with Crippen LogP contribution in [0.15, 0.2) is 24.4 Å². The SMILES string of the molecule is CCOC1(C(O)Cc2ccccn2)CCCCC1. The normalized spacial score (nSPS) is 20.6. The van der Waals surface area contributed by atoms with Crippen LogP contribution in [0.25, 0.3) is 0 Å². The summed E-state index contributed by atoms with van der Waals surface area (Å²) in [5, 5.41) is 10.5. The number of pyridine rings is 1. The van der Waals surface area contributed by atoms with Crippen LogP contribution in [0.2, 0.25) is 0 Å². The molecule has 1 atom stereocenters. The molecule has 0 spiro atoms. The second-order valence-electron chi connectivity index (χ2n) is 5.10. The van der Waals surface area contributed by atoms with Gasteiger partial charge in [-0.25, -0.2) is 0 Å². The molecule has 100 valence electrons. The maximum Gasteiger partial charge on any atom is 0.0943 e. The van der Waals surface area contributed by atoms with Gasteiger partial charge in [-0.1, -0.05) is 25.3 Å². The summed E-state index contributed by atoms with van der Waals surface area (Å²) in [6.07, 6.45) is 7.40. The fourth-order valence-electron chi connectivity index (χ4n) is 2.91. The highest BCUT2D eigenvalue weighted by atomic mass is 16.5. The molecular formula is C15H23NO2. The maximum atomic E-state index is 10.5. The Balaban J connectivity index is 2.05. The number of aromatic nitrogens is 1. The van der Waals surface area contributed by atoms with Gasteiger partial charge in [0.05, 0.1) is 11.7 Å². The molecule has 1 unspecified atom stereocenters. The number of ether oxygens (including phenoxy) is 1. The predicted octanol–water partition coefficient (Wildman–Crippen LogP) is 2.72. The fourth-order valence-corrected chi connectivity index (χ4v) is 2.91. The molecule has 3 heteroatoms. The Morgan fingerprint density at radius 2 is 2.11 bits per heavy atom. The highest BCUT2D eigenvalue weighted by molar-refractivity contribution is 5.07. The van der Waals surface area contributed by atoms with Gasteiger partial charge < -0.3 is 9.84 Å². The van der Waals surface area contributed by atoms with Crippen LogP contribution >= 0.6 is 0 Å². The molecule has 0 bridgehead atoms. The van der Waals surface area contributed by atoms with Crippen molar-refractivity contribution in [2.75, 3.05) is 6.61 Å². The van der Waals surface area contributed by atoms with Crippen LogP contribution in [-0.2, 0) is 11.2 Å². The predicted molar refractivity (Wildman–Crippen MR) is 71.4 cm³/mol. The van der Waals surface area contributed by atoms with Crippen LogP contribution in [0.4, 0.5) is 0 Å². The number of aliphatic hydroxyl groups is 1. The first kappa shape index (κ1) is 13.5. The number of hydrogen-bond donors (Lipinski definition) is 1. The van der Waals surface area contributed by atoms with Gasteiger partial charge in [0.2, 0.25) is 0 Å². The van der Waals surface area contributed by atoms with Gasteiger partial charge in [-0.05, 0) is 31.9 Å². The minimum absolute atomic E-state index is 0.343. The van der Waals surface area contributed by atoms with Gasteiger partial charge in [-0.15, -0.1) is 0 Å². The van der Waals surface area contributed by atoms with Crippen molar-refractivity contribution in [1.82, 2.24) is 4.98 Å². The second-order valence-corrected chi connectivity index (χ2v) is 5.10. The van der Waals surface area contributed by atoms with E-state index in [1.807, 2.05) is 25.1 Å². The Kier molecular flexibility index (Phi) is 4.72. The first-order valence-corrected chi connectivity index (χ1v) is 6.99. The summed E-state index contributed by atoms with van der Waals surface area (Å²) in [7, 11) is 0. The van der Waals surface area contributed by atoms with Gasteiger partial charge in [0.15, 0.2) is 0 Å². The van der Waals surface area contributed by atoms with Crippen LogP contribution in [0.1, 0.15) is 44.7 Å². The monoisotopic (exact) mass is 249 g/mol. The topological polar surface area (TPSA) is 42.4 Å². The van der Waals surface area contributed by atoms with Crippen molar-refractivity contribution in [3.8, 4) is 0 Å². The van der Waals surface area contributed by atoms with E-state index in [-0.39, 0.29) is 5.60 Å². The number of hydrogen-bond acceptors (Lipinski definition) is 3. The van der Waals surface area contributed by atoms with E-state index in [0.29, 0.717) is 13.0 Å². The van der Waals surface area contributed by atoms with Crippen LogP contribution in [0.3, 0.4) is 0 Å². The van der Waals surface area contributed by atoms with E-state index in [9.17, 15) is 5.11 Å². The van der Waals surface area contributed by atoms with Crippen molar-refractivity contribution in [3.63, 3.8) is 0 Å². The average Bonchev–Trinajstić information content (AvgIpc) is 2.41. The van der Waals surface area contributed by atoms with E-state index in [2.05, 4.69) is 4.98 Å². The van der Waals surface area contributed by atoms with Crippen LogP contribution in [0.5, 0.6) is 0 Å². The minimum Gasteiger partial charge on any atom is -0.390 e. The van der Waals surface area contributed by atoms with Gasteiger partial charge >= 0.3 is 0 Å². The average molecular weight is 249 g/mol. The molecule has 1 heterocycles. The molecule has 2 rings (SSSR count). The molecule has 1 fully saturated rings. The summed E-state index contributed by atoms with van der Waals surface area (Å²) in [4.78, 5) is 4.29. The molecular weight excluding hydrogens is 226 g/mol. The Hall–Kier alpha value is -0.930. The molecule has 0 amide bonds. The first-order chi connectivity index (χ1) is 8.77. The lowest BCUT2D eigenvalue weighted by molar-refractivity contribution is -0.139. The molecule has 18 heavy (non-hydrogen) atoms. The smallest absolute Gasteiger partial charge is 0.0943 e. The summed E-state index contributed by atoms with van der Waals surface area (Å²) < 4.78 is 5.93. The Morgan fingerprint density at radius 1 is 1.33 bits per heavy atom. The van der Waals surface area contributed by atoms with Gasteiger partial charge in [0.25, 0.3) is 0 Å². The fraction of sp³-hybridized carbons (Fsp3) is 0.667. The Morgan fingerprint density at radius 3 is 2.72 bits per heavy atom. The second kappa shape index (κ2) is 6.30. The molecule has 1 aliphatic carbocycles. The maximum absolute atomic E-state index is 10.5. The number of rotatable bonds is 5. The van der Waals surface area contributed by atoms with Crippen molar-refractivity contribution in [2.45, 2.75) is 57.2 Å². The van der Waals surface area contributed by atoms with E-state index in [1.54, 1.807) is 6.20 Å². The minimum atomic E-state index is -0.451. The van der Waals surface area contributed by atoms with Crippen molar-refractivity contribution >= 4 is 0 Å². The summed E-state index contributed by atoms with van der Waals surface area (Å²) in [5.41, 5.74) is 0.597. The van der Waals surface area contributed by atoms with Crippen molar-refractivity contribution < 1.29 is 9.84 Å². The quantitative estimate of drug-likeness (QED) is 0.872. The third kappa shape index (κ3) is 3.09. The van der Waals surface area contributed by atoms with Crippen LogP contribution in [-0.4, -0.2) is 28.4 Å². The lowest BCUT2D eigenvalue weighted by atomic mass is 9.79. The molecule has 1 aromatic rings. The van der Waals surface area contributed by atoms with E-state index in [4.69, 9.17) is 4.74 Å². The summed E-state index contributed by atoms with van der Waals surface area (Å²) in [6, 6.07) is 5.82. The largest absolute Gasteiger partial charge is 0.390 e. The zero-order valence-corrected chi connectivity index (χ0v) is 11.1. The van der Waals surface area contributed by atoms with E-state index >= 15 is 0 Å². The third-order valence-corrected chi connectivity index (χ3v) is 3.87. The summed E-state index contributed by atoms with van der Waals surface area (Å²) in [5.74, 6) is 0. The lowest BCUT2D eigenvalue weighted by Gasteiger charge is -2.40.